The van der Waals surface area contributed by atoms with Crippen molar-refractivity contribution in [2.75, 3.05) is 25.1 Å². The number of para-hydroxylation sites is 1. The minimum absolute atomic E-state index is 0.142. The number of anilines is 1. The number of carbonyl (C=O) groups is 2. The number of rotatable bonds is 6. The number of nitriles is 1. The highest BCUT2D eigenvalue weighted by Crippen LogP contribution is 2.17. The molecule has 128 valence electrons. The third-order valence-corrected chi connectivity index (χ3v) is 3.66. The van der Waals surface area contributed by atoms with Crippen LogP contribution in [0.1, 0.15) is 22.8 Å². The van der Waals surface area contributed by atoms with Gasteiger partial charge in [-0.1, -0.05) is 12.1 Å². The lowest BCUT2D eigenvalue weighted by molar-refractivity contribution is -0.116. The molecule has 0 atom stereocenters. The Balaban J connectivity index is 2.00. The van der Waals surface area contributed by atoms with Crippen LogP contribution in [0.2, 0.25) is 0 Å². The molecule has 0 unspecified atom stereocenters. The van der Waals surface area contributed by atoms with Crippen LogP contribution in [0.4, 0.5) is 5.69 Å². The Labute approximate surface area is 146 Å². The lowest BCUT2D eigenvalue weighted by Crippen LogP contribution is -2.37. The van der Waals surface area contributed by atoms with Crippen molar-refractivity contribution in [3.63, 3.8) is 0 Å². The van der Waals surface area contributed by atoms with Crippen LogP contribution in [-0.2, 0) is 4.79 Å². The Kier molecular flexibility index (Phi) is 6.13. The summed E-state index contributed by atoms with van der Waals surface area (Å²) in [6.07, 6.45) is 0. The molecule has 2 amide bonds. The maximum Gasteiger partial charge on any atom is 0.255 e. The summed E-state index contributed by atoms with van der Waals surface area (Å²) in [4.78, 5) is 25.7. The summed E-state index contributed by atoms with van der Waals surface area (Å²) in [7, 11) is 1.51. The molecule has 0 spiro atoms. The van der Waals surface area contributed by atoms with Crippen molar-refractivity contribution in [3.05, 3.63) is 59.7 Å². The van der Waals surface area contributed by atoms with E-state index < -0.39 is 0 Å². The Bertz CT molecular complexity index is 794. The first-order chi connectivity index (χ1) is 12.1. The predicted molar refractivity (Wildman–Crippen MR) is 94.5 cm³/mol. The molecule has 0 aliphatic heterocycles. The molecule has 6 nitrogen and oxygen atoms in total. The Morgan fingerprint density at radius 2 is 1.84 bits per heavy atom. The van der Waals surface area contributed by atoms with Gasteiger partial charge < -0.3 is 15.0 Å². The van der Waals surface area contributed by atoms with Gasteiger partial charge in [-0.15, -0.1) is 0 Å². The van der Waals surface area contributed by atoms with Crippen LogP contribution in [-0.4, -0.2) is 32.0 Å². The van der Waals surface area contributed by atoms with Crippen LogP contribution in [0.3, 0.4) is 0 Å². The maximum atomic E-state index is 12.3. The number of hydrogen-bond acceptors (Lipinski definition) is 4. The quantitative estimate of drug-likeness (QED) is 0.877. The lowest BCUT2D eigenvalue weighted by atomic mass is 10.2. The van der Waals surface area contributed by atoms with Crippen LogP contribution in [0.15, 0.2) is 48.5 Å². The van der Waals surface area contributed by atoms with Crippen LogP contribution in [0.5, 0.6) is 5.75 Å². The molecule has 0 bridgehead atoms. The zero-order chi connectivity index (χ0) is 18.2. The SMILES string of the molecule is COc1ccccc1C(=O)NCCN(C(C)=O)c1ccc(C#N)cc1. The average molecular weight is 337 g/mol. The van der Waals surface area contributed by atoms with Gasteiger partial charge in [0.05, 0.1) is 24.3 Å². The second-order valence-electron chi connectivity index (χ2n) is 5.29. The van der Waals surface area contributed by atoms with Gasteiger partial charge in [-0.3, -0.25) is 9.59 Å². The number of ether oxygens (including phenoxy) is 1. The molecular weight excluding hydrogens is 318 g/mol. The molecule has 0 radical (unpaired) electrons. The second-order valence-corrected chi connectivity index (χ2v) is 5.29. The summed E-state index contributed by atoms with van der Waals surface area (Å²) in [6, 6.07) is 15.7. The number of nitrogens with zero attached hydrogens (tertiary/aromatic N) is 2. The third kappa shape index (κ3) is 4.58. The van der Waals surface area contributed by atoms with Gasteiger partial charge >= 0.3 is 0 Å². The van der Waals surface area contributed by atoms with Crippen molar-refractivity contribution in [2.45, 2.75) is 6.92 Å². The Hall–Kier alpha value is -3.33. The fourth-order valence-electron chi connectivity index (χ4n) is 2.39. The number of carbonyl (C=O) groups excluding carboxylic acids is 2. The van der Waals surface area contributed by atoms with Crippen molar-refractivity contribution >= 4 is 17.5 Å². The van der Waals surface area contributed by atoms with Crippen molar-refractivity contribution in [3.8, 4) is 11.8 Å². The minimum atomic E-state index is -0.263. The highest BCUT2D eigenvalue weighted by Gasteiger charge is 2.14. The number of benzene rings is 2. The van der Waals surface area contributed by atoms with Gasteiger partial charge in [0.15, 0.2) is 0 Å². The number of hydrogen-bond donors (Lipinski definition) is 1. The van der Waals surface area contributed by atoms with E-state index in [1.165, 1.54) is 14.0 Å². The molecule has 0 saturated carbocycles. The molecule has 2 rings (SSSR count). The fourth-order valence-corrected chi connectivity index (χ4v) is 2.39. The topological polar surface area (TPSA) is 82.4 Å². The van der Waals surface area contributed by atoms with Gasteiger partial charge in [-0.25, -0.2) is 0 Å². The monoisotopic (exact) mass is 337 g/mol. The summed E-state index contributed by atoms with van der Waals surface area (Å²) >= 11 is 0. The van der Waals surface area contributed by atoms with Gasteiger partial charge in [-0.2, -0.15) is 5.26 Å². The molecule has 0 fully saturated rings. The van der Waals surface area contributed by atoms with E-state index in [1.54, 1.807) is 53.4 Å². The summed E-state index contributed by atoms with van der Waals surface area (Å²) in [6.45, 7) is 2.07. The highest BCUT2D eigenvalue weighted by atomic mass is 16.5. The molecule has 1 N–H and O–H groups in total. The first kappa shape index (κ1) is 18.0. The van der Waals surface area contributed by atoms with Gasteiger partial charge in [0.1, 0.15) is 5.75 Å². The van der Waals surface area contributed by atoms with Crippen LogP contribution in [0, 0.1) is 11.3 Å². The van der Waals surface area contributed by atoms with E-state index in [2.05, 4.69) is 5.32 Å². The van der Waals surface area contributed by atoms with E-state index in [0.29, 0.717) is 29.1 Å². The Morgan fingerprint density at radius 3 is 2.44 bits per heavy atom. The summed E-state index contributed by atoms with van der Waals surface area (Å²) < 4.78 is 5.17. The zero-order valence-electron chi connectivity index (χ0n) is 14.2. The first-order valence-corrected chi connectivity index (χ1v) is 7.76. The second kappa shape index (κ2) is 8.50. The lowest BCUT2D eigenvalue weighted by Gasteiger charge is -2.21. The number of nitrogens with one attached hydrogen (secondary N) is 1. The van der Waals surface area contributed by atoms with Gasteiger partial charge in [0.2, 0.25) is 5.91 Å². The van der Waals surface area contributed by atoms with Gasteiger partial charge in [-0.05, 0) is 36.4 Å². The molecule has 0 saturated heterocycles. The van der Waals surface area contributed by atoms with E-state index in [1.807, 2.05) is 6.07 Å². The molecule has 0 aliphatic carbocycles. The molecule has 6 heteroatoms. The van der Waals surface area contributed by atoms with E-state index in [0.717, 1.165) is 0 Å². The standard InChI is InChI=1S/C19H19N3O3/c1-14(23)22(16-9-7-15(13-20)8-10-16)12-11-21-19(24)17-5-3-4-6-18(17)25-2/h3-10H,11-12H2,1-2H3,(H,21,24). The zero-order valence-corrected chi connectivity index (χ0v) is 14.2. The number of methoxy groups -OCH3 is 1. The fraction of sp³-hybridized carbons (Fsp3) is 0.211. The van der Waals surface area contributed by atoms with Crippen LogP contribution < -0.4 is 15.0 Å². The van der Waals surface area contributed by atoms with Gasteiger partial charge in [0.25, 0.3) is 5.91 Å². The van der Waals surface area contributed by atoms with E-state index in [-0.39, 0.29) is 18.4 Å². The van der Waals surface area contributed by atoms with E-state index >= 15 is 0 Å². The molecule has 0 heterocycles. The van der Waals surface area contributed by atoms with E-state index in [9.17, 15) is 9.59 Å². The first-order valence-electron chi connectivity index (χ1n) is 7.76. The van der Waals surface area contributed by atoms with Crippen molar-refractivity contribution < 1.29 is 14.3 Å². The molecule has 2 aromatic rings. The van der Waals surface area contributed by atoms with Crippen molar-refractivity contribution in [2.24, 2.45) is 0 Å². The van der Waals surface area contributed by atoms with Crippen LogP contribution >= 0.6 is 0 Å². The highest BCUT2D eigenvalue weighted by molar-refractivity contribution is 5.97. The van der Waals surface area contributed by atoms with E-state index in [4.69, 9.17) is 10.00 Å². The third-order valence-electron chi connectivity index (χ3n) is 3.66. The largest absolute Gasteiger partial charge is 0.496 e. The van der Waals surface area contributed by atoms with Crippen molar-refractivity contribution in [1.29, 1.82) is 5.26 Å². The number of amides is 2. The summed E-state index contributed by atoms with van der Waals surface area (Å²) in [5.41, 5.74) is 1.65. The van der Waals surface area contributed by atoms with Crippen molar-refractivity contribution in [1.82, 2.24) is 5.32 Å². The normalized spacial score (nSPS) is 9.80. The molecule has 2 aromatic carbocycles. The maximum absolute atomic E-state index is 12.3. The van der Waals surface area contributed by atoms with Crippen LogP contribution in [0.25, 0.3) is 0 Å². The molecule has 25 heavy (non-hydrogen) atoms. The molecule has 0 aromatic heterocycles. The van der Waals surface area contributed by atoms with Gasteiger partial charge in [0, 0.05) is 25.7 Å². The summed E-state index contributed by atoms with van der Waals surface area (Å²) in [5, 5.41) is 11.6. The smallest absolute Gasteiger partial charge is 0.255 e. The molecule has 0 aliphatic rings. The average Bonchev–Trinajstić information content (AvgIpc) is 2.65. The Morgan fingerprint density at radius 1 is 1.16 bits per heavy atom. The predicted octanol–water partition coefficient (Wildman–Crippen LogP) is 2.35. The summed E-state index contributed by atoms with van der Waals surface area (Å²) in [5.74, 6) is 0.0903. The molecular formula is C19H19N3O3. The minimum Gasteiger partial charge on any atom is -0.496 e.